The second-order valence-corrected chi connectivity index (χ2v) is 5.12. The van der Waals surface area contributed by atoms with Crippen LogP contribution in [-0.4, -0.2) is 5.78 Å². The van der Waals surface area contributed by atoms with E-state index in [0.29, 0.717) is 0 Å². The second kappa shape index (κ2) is 3.65. The van der Waals surface area contributed by atoms with E-state index in [9.17, 15) is 13.6 Å². The number of benzene rings is 1. The Morgan fingerprint density at radius 3 is 2.56 bits per heavy atom. The van der Waals surface area contributed by atoms with Gasteiger partial charge in [-0.25, -0.2) is 8.78 Å². The second-order valence-electron chi connectivity index (χ2n) is 5.12. The Balaban J connectivity index is 2.07. The van der Waals surface area contributed by atoms with Crippen molar-refractivity contribution in [3.05, 3.63) is 35.4 Å². The molecule has 0 radical (unpaired) electrons. The monoisotopic (exact) mass is 224 g/mol. The normalized spacial score (nSPS) is 21.9. The van der Waals surface area contributed by atoms with Crippen molar-refractivity contribution >= 4 is 5.78 Å². The molecule has 1 atom stereocenters. The highest BCUT2D eigenvalue weighted by atomic mass is 19.1. The van der Waals surface area contributed by atoms with Gasteiger partial charge in [-0.05, 0) is 23.5 Å². The van der Waals surface area contributed by atoms with Crippen LogP contribution >= 0.6 is 0 Å². The zero-order valence-electron chi connectivity index (χ0n) is 9.39. The minimum absolute atomic E-state index is 0.0388. The summed E-state index contributed by atoms with van der Waals surface area (Å²) >= 11 is 0. The highest BCUT2D eigenvalue weighted by molar-refractivity contribution is 5.86. The number of hydrogen-bond donors (Lipinski definition) is 0. The van der Waals surface area contributed by atoms with Crippen LogP contribution in [0, 0.1) is 23.0 Å². The Labute approximate surface area is 93.5 Å². The van der Waals surface area contributed by atoms with Gasteiger partial charge < -0.3 is 0 Å². The van der Waals surface area contributed by atoms with E-state index in [1.54, 1.807) is 0 Å². The molecule has 0 heterocycles. The molecule has 16 heavy (non-hydrogen) atoms. The van der Waals surface area contributed by atoms with Crippen LogP contribution in [0.4, 0.5) is 8.78 Å². The number of Topliss-reactive ketones (excluding diaryl/α,β-unsaturated/α-hetero) is 1. The Hall–Kier alpha value is -1.25. The highest BCUT2D eigenvalue weighted by Gasteiger charge is 2.49. The smallest absolute Gasteiger partial charge is 0.140 e. The van der Waals surface area contributed by atoms with Gasteiger partial charge in [0.1, 0.15) is 17.4 Å². The Kier molecular flexibility index (Phi) is 2.56. The van der Waals surface area contributed by atoms with E-state index in [2.05, 4.69) is 0 Å². The Bertz CT molecular complexity index is 438. The predicted octanol–water partition coefficient (Wildman–Crippen LogP) is 3.12. The predicted molar refractivity (Wildman–Crippen MR) is 57.0 cm³/mol. The summed E-state index contributed by atoms with van der Waals surface area (Å²) in [6, 6.07) is 3.35. The molecule has 86 valence electrons. The molecule has 1 saturated carbocycles. The summed E-state index contributed by atoms with van der Waals surface area (Å²) in [5.74, 6) is -1.15. The van der Waals surface area contributed by atoms with Crippen molar-refractivity contribution in [1.82, 2.24) is 0 Å². The summed E-state index contributed by atoms with van der Waals surface area (Å²) in [7, 11) is 0. The van der Waals surface area contributed by atoms with E-state index in [1.807, 2.05) is 13.8 Å². The first-order valence-electron chi connectivity index (χ1n) is 5.37. The van der Waals surface area contributed by atoms with Crippen LogP contribution in [0.2, 0.25) is 0 Å². The fraction of sp³-hybridized carbons (Fsp3) is 0.462. The summed E-state index contributed by atoms with van der Waals surface area (Å²) in [4.78, 5) is 11.8. The molecular formula is C13H14F2O. The van der Waals surface area contributed by atoms with E-state index in [0.717, 1.165) is 12.5 Å². The summed E-state index contributed by atoms with van der Waals surface area (Å²) in [6.07, 6.45) is 0.939. The van der Waals surface area contributed by atoms with Gasteiger partial charge in [-0.15, -0.1) is 0 Å². The molecule has 0 N–H and O–H groups in total. The average Bonchev–Trinajstić information content (AvgIpc) is 2.80. The van der Waals surface area contributed by atoms with Gasteiger partial charge in [0, 0.05) is 18.4 Å². The number of rotatable bonds is 3. The van der Waals surface area contributed by atoms with Crippen molar-refractivity contribution in [1.29, 1.82) is 0 Å². The third kappa shape index (κ3) is 2.13. The lowest BCUT2D eigenvalue weighted by Gasteiger charge is -2.04. The van der Waals surface area contributed by atoms with Crippen molar-refractivity contribution in [3.63, 3.8) is 0 Å². The zero-order valence-corrected chi connectivity index (χ0v) is 9.39. The van der Waals surface area contributed by atoms with E-state index < -0.39 is 11.6 Å². The molecule has 1 unspecified atom stereocenters. The van der Waals surface area contributed by atoms with Crippen LogP contribution < -0.4 is 0 Å². The lowest BCUT2D eigenvalue weighted by Crippen LogP contribution is -2.10. The lowest BCUT2D eigenvalue weighted by molar-refractivity contribution is -0.120. The largest absolute Gasteiger partial charge is 0.299 e. The molecule has 1 aliphatic carbocycles. The molecule has 1 aliphatic rings. The third-order valence-corrected chi connectivity index (χ3v) is 3.28. The number of hydrogen-bond acceptors (Lipinski definition) is 1. The third-order valence-electron chi connectivity index (χ3n) is 3.28. The number of carbonyl (C=O) groups excluding carboxylic acids is 1. The van der Waals surface area contributed by atoms with Gasteiger partial charge in [-0.2, -0.15) is 0 Å². The molecule has 2 rings (SSSR count). The molecule has 0 aromatic heterocycles. The van der Waals surface area contributed by atoms with E-state index in [-0.39, 0.29) is 29.1 Å². The molecule has 1 nitrogen and oxygen atoms in total. The van der Waals surface area contributed by atoms with Gasteiger partial charge in [0.25, 0.3) is 0 Å². The lowest BCUT2D eigenvalue weighted by atomic mass is 10.0. The van der Waals surface area contributed by atoms with Gasteiger partial charge in [0.15, 0.2) is 0 Å². The first-order valence-corrected chi connectivity index (χ1v) is 5.37. The highest BCUT2D eigenvalue weighted by Crippen LogP contribution is 2.52. The van der Waals surface area contributed by atoms with Gasteiger partial charge in [0.2, 0.25) is 0 Å². The Morgan fingerprint density at radius 2 is 2.06 bits per heavy atom. The number of ketones is 1. The maximum absolute atomic E-state index is 13.3. The van der Waals surface area contributed by atoms with E-state index in [4.69, 9.17) is 0 Å². The Morgan fingerprint density at radius 1 is 1.44 bits per heavy atom. The molecule has 0 aliphatic heterocycles. The summed E-state index contributed by atoms with van der Waals surface area (Å²) in [6.45, 7) is 4.05. The van der Waals surface area contributed by atoms with Crippen LogP contribution in [0.1, 0.15) is 25.8 Å². The quantitative estimate of drug-likeness (QED) is 0.771. The van der Waals surface area contributed by atoms with Crippen molar-refractivity contribution in [3.8, 4) is 0 Å². The van der Waals surface area contributed by atoms with Gasteiger partial charge in [-0.3, -0.25) is 4.79 Å². The van der Waals surface area contributed by atoms with Crippen molar-refractivity contribution < 1.29 is 13.6 Å². The molecule has 1 aromatic carbocycles. The molecule has 3 heteroatoms. The summed E-state index contributed by atoms with van der Waals surface area (Å²) in [5.41, 5.74) is 0.349. The summed E-state index contributed by atoms with van der Waals surface area (Å²) in [5, 5.41) is 0. The van der Waals surface area contributed by atoms with Gasteiger partial charge >= 0.3 is 0 Å². The van der Waals surface area contributed by atoms with Crippen molar-refractivity contribution in [2.75, 3.05) is 0 Å². The van der Waals surface area contributed by atoms with Crippen LogP contribution in [0.5, 0.6) is 0 Å². The average molecular weight is 224 g/mol. The van der Waals surface area contributed by atoms with Crippen LogP contribution in [0.15, 0.2) is 18.2 Å². The SMILES string of the molecule is CC1(C)CC1C(=O)Cc1ccc(F)cc1F. The minimum Gasteiger partial charge on any atom is -0.299 e. The van der Waals surface area contributed by atoms with Crippen LogP contribution in [-0.2, 0) is 11.2 Å². The van der Waals surface area contributed by atoms with E-state index >= 15 is 0 Å². The first kappa shape index (κ1) is 11.2. The van der Waals surface area contributed by atoms with E-state index in [1.165, 1.54) is 12.1 Å². The molecular weight excluding hydrogens is 210 g/mol. The first-order chi connectivity index (χ1) is 7.40. The minimum atomic E-state index is -0.633. The number of halogens is 2. The topological polar surface area (TPSA) is 17.1 Å². The fourth-order valence-corrected chi connectivity index (χ4v) is 1.99. The molecule has 1 aromatic rings. The fourth-order valence-electron chi connectivity index (χ4n) is 1.99. The molecule has 0 amide bonds. The summed E-state index contributed by atoms with van der Waals surface area (Å²) < 4.78 is 25.9. The zero-order chi connectivity index (χ0) is 11.9. The van der Waals surface area contributed by atoms with Gasteiger partial charge in [-0.1, -0.05) is 19.9 Å². The maximum Gasteiger partial charge on any atom is 0.140 e. The van der Waals surface area contributed by atoms with Crippen LogP contribution in [0.25, 0.3) is 0 Å². The van der Waals surface area contributed by atoms with Gasteiger partial charge in [0.05, 0.1) is 0 Å². The maximum atomic E-state index is 13.3. The molecule has 0 bridgehead atoms. The van der Waals surface area contributed by atoms with Crippen LogP contribution in [0.3, 0.4) is 0 Å². The van der Waals surface area contributed by atoms with Crippen molar-refractivity contribution in [2.45, 2.75) is 26.7 Å². The standard InChI is InChI=1S/C13H14F2O/c1-13(2)7-10(13)12(16)5-8-3-4-9(14)6-11(8)15/h3-4,6,10H,5,7H2,1-2H3. The molecule has 0 saturated heterocycles. The number of carbonyl (C=O) groups is 1. The molecule has 1 fully saturated rings. The molecule has 0 spiro atoms. The van der Waals surface area contributed by atoms with Crippen molar-refractivity contribution in [2.24, 2.45) is 11.3 Å².